The molecule has 1 fully saturated rings. The molecule has 0 unspecified atom stereocenters. The fraction of sp³-hybridized carbons (Fsp3) is 0.500. The number of amides is 1. The van der Waals surface area contributed by atoms with E-state index in [1.807, 2.05) is 6.92 Å². The van der Waals surface area contributed by atoms with Crippen LogP contribution in [-0.4, -0.2) is 34.1 Å². The fourth-order valence-corrected chi connectivity index (χ4v) is 4.30. The number of piperidine rings is 1. The van der Waals surface area contributed by atoms with Crippen molar-refractivity contribution in [3.8, 4) is 0 Å². The summed E-state index contributed by atoms with van der Waals surface area (Å²) in [6.45, 7) is 3.72. The van der Waals surface area contributed by atoms with Crippen molar-refractivity contribution >= 4 is 5.91 Å². The molecule has 1 N–H and O–H groups in total. The second kappa shape index (κ2) is 6.42. The van der Waals surface area contributed by atoms with Crippen LogP contribution in [0.4, 0.5) is 0 Å². The number of likely N-dealkylation sites (tertiary alicyclic amines) is 1. The summed E-state index contributed by atoms with van der Waals surface area (Å²) in [5.74, 6) is 0.736. The molecule has 2 atom stereocenters. The van der Waals surface area contributed by atoms with Crippen LogP contribution >= 0.6 is 0 Å². The molecule has 0 spiro atoms. The summed E-state index contributed by atoms with van der Waals surface area (Å²) < 4.78 is 0. The van der Waals surface area contributed by atoms with Crippen LogP contribution in [0.5, 0.6) is 0 Å². The summed E-state index contributed by atoms with van der Waals surface area (Å²) in [4.78, 5) is 15.3. The Morgan fingerprint density at radius 3 is 2.96 bits per heavy atom. The van der Waals surface area contributed by atoms with Gasteiger partial charge in [0.25, 0.3) is 0 Å². The van der Waals surface area contributed by atoms with Crippen molar-refractivity contribution in [1.29, 1.82) is 0 Å². The average molecular weight is 323 g/mol. The number of hydrogen-bond donors (Lipinski definition) is 1. The summed E-state index contributed by atoms with van der Waals surface area (Å²) in [6.07, 6.45) is 5.39. The summed E-state index contributed by atoms with van der Waals surface area (Å²) in [5, 5.41) is 7.45. The van der Waals surface area contributed by atoms with Gasteiger partial charge in [0.2, 0.25) is 5.91 Å². The minimum atomic E-state index is 0.0506. The predicted molar refractivity (Wildman–Crippen MR) is 94.0 cm³/mol. The second-order valence-corrected chi connectivity index (χ2v) is 7.24. The molecule has 4 rings (SSSR count). The highest BCUT2D eigenvalue weighted by Crippen LogP contribution is 2.35. The number of fused-ring (bicyclic) bond motifs is 1. The van der Waals surface area contributed by atoms with Gasteiger partial charge in [-0.25, -0.2) is 0 Å². The SMILES string of the molecule is Cc1cc([C@H]2CCCN(C(=O)[C@@H]3CCCc4ccccc43)C2)n[nH]1. The number of rotatable bonds is 2. The molecule has 1 aromatic heterocycles. The van der Waals surface area contributed by atoms with Gasteiger partial charge in [-0.2, -0.15) is 5.10 Å². The first kappa shape index (κ1) is 15.4. The molecule has 1 aromatic carbocycles. The van der Waals surface area contributed by atoms with E-state index < -0.39 is 0 Å². The summed E-state index contributed by atoms with van der Waals surface area (Å²) in [7, 11) is 0. The Morgan fingerprint density at radius 1 is 1.25 bits per heavy atom. The minimum absolute atomic E-state index is 0.0506. The minimum Gasteiger partial charge on any atom is -0.341 e. The van der Waals surface area contributed by atoms with Crippen molar-refractivity contribution in [3.05, 3.63) is 52.8 Å². The van der Waals surface area contributed by atoms with Crippen molar-refractivity contribution in [2.45, 2.75) is 50.9 Å². The molecule has 1 amide bonds. The van der Waals surface area contributed by atoms with Crippen LogP contribution in [0.15, 0.2) is 30.3 Å². The molecule has 2 heterocycles. The third-order valence-corrected chi connectivity index (χ3v) is 5.54. The third-order valence-electron chi connectivity index (χ3n) is 5.54. The topological polar surface area (TPSA) is 49.0 Å². The highest BCUT2D eigenvalue weighted by Gasteiger charge is 2.33. The molecule has 126 valence electrons. The van der Waals surface area contributed by atoms with E-state index in [0.29, 0.717) is 11.8 Å². The Morgan fingerprint density at radius 2 is 2.12 bits per heavy atom. The van der Waals surface area contributed by atoms with E-state index in [9.17, 15) is 4.79 Å². The van der Waals surface area contributed by atoms with Crippen molar-refractivity contribution in [2.24, 2.45) is 0 Å². The maximum atomic E-state index is 13.2. The summed E-state index contributed by atoms with van der Waals surface area (Å²) in [6, 6.07) is 10.6. The van der Waals surface area contributed by atoms with Gasteiger partial charge in [0.05, 0.1) is 11.6 Å². The Balaban J connectivity index is 1.52. The smallest absolute Gasteiger partial charge is 0.230 e. The van der Waals surface area contributed by atoms with Gasteiger partial charge in [-0.15, -0.1) is 0 Å². The van der Waals surface area contributed by atoms with Crippen LogP contribution in [-0.2, 0) is 11.2 Å². The zero-order chi connectivity index (χ0) is 16.5. The summed E-state index contributed by atoms with van der Waals surface area (Å²) in [5.41, 5.74) is 4.81. The number of hydrogen-bond acceptors (Lipinski definition) is 2. The largest absolute Gasteiger partial charge is 0.341 e. The van der Waals surface area contributed by atoms with E-state index in [-0.39, 0.29) is 5.92 Å². The molecule has 0 radical (unpaired) electrons. The molecule has 1 saturated heterocycles. The van der Waals surface area contributed by atoms with Gasteiger partial charge in [-0.1, -0.05) is 24.3 Å². The molecule has 1 aliphatic carbocycles. The van der Waals surface area contributed by atoms with Crippen molar-refractivity contribution in [3.63, 3.8) is 0 Å². The van der Waals surface area contributed by atoms with E-state index in [4.69, 9.17) is 0 Å². The van der Waals surface area contributed by atoms with Crippen molar-refractivity contribution in [1.82, 2.24) is 15.1 Å². The predicted octanol–water partition coefficient (Wildman–Crippen LogP) is 3.54. The van der Waals surface area contributed by atoms with Crippen LogP contribution in [0, 0.1) is 6.92 Å². The number of aromatic amines is 1. The first-order valence-corrected chi connectivity index (χ1v) is 9.11. The molecule has 2 aromatic rings. The van der Waals surface area contributed by atoms with Gasteiger partial charge in [0, 0.05) is 24.7 Å². The standard InChI is InChI=1S/C20H25N3O/c1-14-12-19(22-21-14)16-8-5-11-23(13-16)20(24)18-10-4-7-15-6-2-3-9-17(15)18/h2-3,6,9,12,16,18H,4-5,7-8,10-11,13H2,1H3,(H,21,22)/t16-,18+/m0/s1. The lowest BCUT2D eigenvalue weighted by atomic mass is 9.81. The Kier molecular flexibility index (Phi) is 4.13. The normalized spacial score (nSPS) is 23.8. The number of carbonyl (C=O) groups excluding carboxylic acids is 1. The van der Waals surface area contributed by atoms with Gasteiger partial charge in [0.1, 0.15) is 0 Å². The number of nitrogens with one attached hydrogen (secondary N) is 1. The van der Waals surface area contributed by atoms with Gasteiger partial charge >= 0.3 is 0 Å². The average Bonchev–Trinajstić information content (AvgIpc) is 3.07. The Bertz CT molecular complexity index is 736. The molecule has 4 nitrogen and oxygen atoms in total. The number of aryl methyl sites for hydroxylation is 2. The zero-order valence-electron chi connectivity index (χ0n) is 14.3. The van der Waals surface area contributed by atoms with Crippen LogP contribution in [0.3, 0.4) is 0 Å². The monoisotopic (exact) mass is 323 g/mol. The summed E-state index contributed by atoms with van der Waals surface area (Å²) >= 11 is 0. The van der Waals surface area contributed by atoms with Gasteiger partial charge in [0.15, 0.2) is 0 Å². The maximum Gasteiger partial charge on any atom is 0.230 e. The van der Waals surface area contributed by atoms with Crippen LogP contribution in [0.1, 0.15) is 60.0 Å². The van der Waals surface area contributed by atoms with E-state index in [1.165, 1.54) is 11.1 Å². The fourth-order valence-electron chi connectivity index (χ4n) is 4.30. The molecule has 4 heteroatoms. The number of H-pyrrole nitrogens is 1. The first-order valence-electron chi connectivity index (χ1n) is 9.11. The Labute approximate surface area is 143 Å². The van der Waals surface area contributed by atoms with Crippen LogP contribution in [0.25, 0.3) is 0 Å². The lowest BCUT2D eigenvalue weighted by Crippen LogP contribution is -2.42. The second-order valence-electron chi connectivity index (χ2n) is 7.24. The number of carbonyl (C=O) groups is 1. The van der Waals surface area contributed by atoms with E-state index in [2.05, 4.69) is 45.4 Å². The maximum absolute atomic E-state index is 13.2. The highest BCUT2D eigenvalue weighted by atomic mass is 16.2. The number of nitrogens with zero attached hydrogens (tertiary/aromatic N) is 2. The lowest BCUT2D eigenvalue weighted by molar-refractivity contribution is -0.134. The number of aromatic nitrogens is 2. The van der Waals surface area contributed by atoms with E-state index in [1.54, 1.807) is 0 Å². The quantitative estimate of drug-likeness (QED) is 0.919. The van der Waals surface area contributed by atoms with Gasteiger partial charge in [-0.3, -0.25) is 9.89 Å². The lowest BCUT2D eigenvalue weighted by Gasteiger charge is -2.36. The molecule has 1 aliphatic heterocycles. The molecular weight excluding hydrogens is 298 g/mol. The zero-order valence-corrected chi connectivity index (χ0v) is 14.3. The van der Waals surface area contributed by atoms with Gasteiger partial charge in [-0.05, 0) is 56.2 Å². The van der Waals surface area contributed by atoms with Gasteiger partial charge < -0.3 is 4.90 Å². The third kappa shape index (κ3) is 2.85. The van der Waals surface area contributed by atoms with Crippen molar-refractivity contribution < 1.29 is 4.79 Å². The van der Waals surface area contributed by atoms with Crippen LogP contribution < -0.4 is 0 Å². The van der Waals surface area contributed by atoms with Crippen molar-refractivity contribution in [2.75, 3.05) is 13.1 Å². The van der Waals surface area contributed by atoms with E-state index in [0.717, 1.165) is 56.6 Å². The molecule has 0 bridgehead atoms. The number of benzene rings is 1. The van der Waals surface area contributed by atoms with Crippen LogP contribution in [0.2, 0.25) is 0 Å². The Hall–Kier alpha value is -2.10. The molecule has 24 heavy (non-hydrogen) atoms. The molecule has 2 aliphatic rings. The molecule has 0 saturated carbocycles. The molecular formula is C20H25N3O. The first-order chi connectivity index (χ1) is 11.7. The highest BCUT2D eigenvalue weighted by molar-refractivity contribution is 5.84. The van der Waals surface area contributed by atoms with E-state index >= 15 is 0 Å².